The number of nitrogens with one attached hydrogen (secondary N) is 1. The van der Waals surface area contributed by atoms with E-state index in [9.17, 15) is 13.2 Å². The number of sulfonamides is 1. The van der Waals surface area contributed by atoms with Gasteiger partial charge in [-0.3, -0.25) is 10.3 Å². The molecular weight excluding hydrogens is 569 g/mol. The number of hydrogen-bond donors (Lipinski definition) is 2. The van der Waals surface area contributed by atoms with Crippen LogP contribution in [-0.2, 0) is 16.4 Å². The molecule has 5 aromatic rings. The predicted octanol–water partition coefficient (Wildman–Crippen LogP) is 5.55. The van der Waals surface area contributed by atoms with Crippen LogP contribution >= 0.6 is 11.5 Å². The zero-order valence-corrected chi connectivity index (χ0v) is 24.3. The first-order valence-corrected chi connectivity index (χ1v) is 15.7. The predicted molar refractivity (Wildman–Crippen MR) is 165 cm³/mol. The molecule has 0 saturated carbocycles. The van der Waals surface area contributed by atoms with Crippen molar-refractivity contribution in [3.8, 4) is 11.4 Å². The quantitative estimate of drug-likeness (QED) is 0.205. The number of pyridine rings is 1. The zero-order chi connectivity index (χ0) is 29.4. The average Bonchev–Trinajstić information content (AvgIpc) is 3.48. The summed E-state index contributed by atoms with van der Waals surface area (Å²) in [6.45, 7) is 0.980. The molecule has 0 bridgehead atoms. The van der Waals surface area contributed by atoms with Gasteiger partial charge in [-0.2, -0.15) is 9.36 Å². The van der Waals surface area contributed by atoms with Crippen LogP contribution in [0.2, 0.25) is 0 Å². The summed E-state index contributed by atoms with van der Waals surface area (Å²) in [6, 6.07) is 32.1. The van der Waals surface area contributed by atoms with Gasteiger partial charge in [0.2, 0.25) is 15.2 Å². The summed E-state index contributed by atoms with van der Waals surface area (Å²) in [5.74, 6) is 0.496. The third-order valence-corrected chi connectivity index (χ3v) is 8.38. The van der Waals surface area contributed by atoms with Gasteiger partial charge < -0.3 is 4.90 Å². The van der Waals surface area contributed by atoms with E-state index in [4.69, 9.17) is 5.14 Å². The molecule has 2 heterocycles. The number of carbonyl (C=O) groups is 1. The van der Waals surface area contributed by atoms with E-state index in [0.29, 0.717) is 36.0 Å². The number of urea groups is 1. The zero-order valence-electron chi connectivity index (χ0n) is 22.7. The Bertz CT molecular complexity index is 1660. The summed E-state index contributed by atoms with van der Waals surface area (Å²) in [5.41, 5.74) is 3.89. The lowest BCUT2D eigenvalue weighted by Gasteiger charge is -2.26. The van der Waals surface area contributed by atoms with Crippen molar-refractivity contribution in [3.63, 3.8) is 0 Å². The molecule has 5 rings (SSSR count). The van der Waals surface area contributed by atoms with Crippen LogP contribution in [0.3, 0.4) is 0 Å². The van der Waals surface area contributed by atoms with E-state index < -0.39 is 10.0 Å². The molecule has 9 nitrogen and oxygen atoms in total. The van der Waals surface area contributed by atoms with E-state index in [1.807, 2.05) is 54.6 Å². The van der Waals surface area contributed by atoms with Crippen LogP contribution in [-0.4, -0.2) is 46.8 Å². The van der Waals surface area contributed by atoms with Gasteiger partial charge in [-0.1, -0.05) is 66.7 Å². The molecule has 0 atom stereocenters. The fourth-order valence-electron chi connectivity index (χ4n) is 4.65. The number of nitrogens with zero attached hydrogens (tertiary/aromatic N) is 4. The summed E-state index contributed by atoms with van der Waals surface area (Å²) in [6.07, 6.45) is 3.08. The Balaban J connectivity index is 1.32. The minimum Gasteiger partial charge on any atom is -0.324 e. The van der Waals surface area contributed by atoms with E-state index in [0.717, 1.165) is 23.6 Å². The van der Waals surface area contributed by atoms with Gasteiger partial charge in [-0.05, 0) is 53.9 Å². The highest BCUT2D eigenvalue weighted by Gasteiger charge is 2.21. The second-order valence-corrected chi connectivity index (χ2v) is 12.0. The minimum absolute atomic E-state index is 0.00265. The van der Waals surface area contributed by atoms with Crippen molar-refractivity contribution in [2.24, 2.45) is 5.14 Å². The normalized spacial score (nSPS) is 11.4. The van der Waals surface area contributed by atoms with Crippen LogP contribution < -0.4 is 10.5 Å². The number of benzene rings is 3. The van der Waals surface area contributed by atoms with E-state index in [1.165, 1.54) is 23.3 Å². The van der Waals surface area contributed by atoms with Gasteiger partial charge in [0.25, 0.3) is 0 Å². The molecule has 0 radical (unpaired) electrons. The lowest BCUT2D eigenvalue weighted by molar-refractivity contribution is 0.210. The summed E-state index contributed by atoms with van der Waals surface area (Å²) >= 11 is 1.06. The van der Waals surface area contributed by atoms with Crippen molar-refractivity contribution in [1.82, 2.24) is 19.2 Å². The van der Waals surface area contributed by atoms with Crippen LogP contribution in [0, 0.1) is 0 Å². The van der Waals surface area contributed by atoms with Gasteiger partial charge in [0.15, 0.2) is 5.82 Å². The van der Waals surface area contributed by atoms with Gasteiger partial charge in [-0.15, -0.1) is 0 Å². The van der Waals surface area contributed by atoms with Crippen molar-refractivity contribution < 1.29 is 13.2 Å². The molecule has 3 N–H and O–H groups in total. The molecule has 42 heavy (non-hydrogen) atoms. The Morgan fingerprint density at radius 3 is 2.10 bits per heavy atom. The Labute approximate surface area is 249 Å². The summed E-state index contributed by atoms with van der Waals surface area (Å²) in [7, 11) is -3.80. The smallest absolute Gasteiger partial charge is 0.323 e. The minimum atomic E-state index is -3.80. The highest BCUT2D eigenvalue weighted by molar-refractivity contribution is 7.89. The van der Waals surface area contributed by atoms with Crippen LogP contribution in [0.15, 0.2) is 114 Å². The standard InChI is InChI=1S/C31H30N6O3S2/c32-42(39,40)27-16-14-25(15-17-27)29-34-30(41-36-29)35-31(38)37(21-18-26-13-7-8-20-33-26)22-19-28(23-9-3-1-4-10-23)24-11-5-2-6-12-24/h1-17,20,28H,18-19,21-22H2,(H2,32,39,40)(H,34,35,36,38). The lowest BCUT2D eigenvalue weighted by atomic mass is 9.88. The largest absolute Gasteiger partial charge is 0.324 e. The average molecular weight is 599 g/mol. The topological polar surface area (TPSA) is 131 Å². The fourth-order valence-corrected chi connectivity index (χ4v) is 5.74. The first-order chi connectivity index (χ1) is 20.4. The van der Waals surface area contributed by atoms with Crippen molar-refractivity contribution in [1.29, 1.82) is 0 Å². The first-order valence-electron chi connectivity index (χ1n) is 13.4. The van der Waals surface area contributed by atoms with Gasteiger partial charge in [0.05, 0.1) is 4.90 Å². The van der Waals surface area contributed by atoms with Crippen LogP contribution in [0.1, 0.15) is 29.2 Å². The second kappa shape index (κ2) is 13.5. The Hall–Kier alpha value is -4.45. The first kappa shape index (κ1) is 29.1. The molecular formula is C31H30N6O3S2. The number of amides is 2. The maximum absolute atomic E-state index is 13.6. The SMILES string of the molecule is NS(=O)(=O)c1ccc(-c2nsc(NC(=O)N(CCc3ccccn3)CCC(c3ccccc3)c3ccccc3)n2)cc1. The van der Waals surface area contributed by atoms with E-state index in [-0.39, 0.29) is 16.8 Å². The molecule has 2 amide bonds. The molecule has 0 saturated heterocycles. The molecule has 0 aliphatic carbocycles. The number of hydrogen-bond acceptors (Lipinski definition) is 7. The number of carbonyl (C=O) groups excluding carboxylic acids is 1. The van der Waals surface area contributed by atoms with Crippen molar-refractivity contribution in [2.75, 3.05) is 18.4 Å². The van der Waals surface area contributed by atoms with Crippen LogP contribution in [0.25, 0.3) is 11.4 Å². The molecule has 0 aliphatic rings. The molecule has 11 heteroatoms. The van der Waals surface area contributed by atoms with E-state index >= 15 is 0 Å². The second-order valence-electron chi connectivity index (χ2n) is 9.64. The fraction of sp³-hybridized carbons (Fsp3) is 0.161. The monoisotopic (exact) mass is 598 g/mol. The number of aromatic nitrogens is 3. The molecule has 0 fully saturated rings. The summed E-state index contributed by atoms with van der Waals surface area (Å²) in [5, 5.41) is 8.44. The van der Waals surface area contributed by atoms with Gasteiger partial charge in [0, 0.05) is 54.4 Å². The molecule has 2 aromatic heterocycles. The summed E-state index contributed by atoms with van der Waals surface area (Å²) in [4.78, 5) is 24.2. The van der Waals surface area contributed by atoms with E-state index in [1.54, 1.807) is 23.2 Å². The number of rotatable bonds is 11. The number of primary sulfonamides is 1. The van der Waals surface area contributed by atoms with Crippen LogP contribution in [0.5, 0.6) is 0 Å². The van der Waals surface area contributed by atoms with Crippen molar-refractivity contribution in [2.45, 2.75) is 23.7 Å². The molecule has 0 aliphatic heterocycles. The molecule has 0 spiro atoms. The maximum atomic E-state index is 13.6. The van der Waals surface area contributed by atoms with Crippen molar-refractivity contribution in [3.05, 3.63) is 126 Å². The Morgan fingerprint density at radius 1 is 0.857 bits per heavy atom. The maximum Gasteiger partial charge on any atom is 0.323 e. The van der Waals surface area contributed by atoms with Gasteiger partial charge in [-0.25, -0.2) is 18.4 Å². The third-order valence-electron chi connectivity index (χ3n) is 6.82. The van der Waals surface area contributed by atoms with Crippen molar-refractivity contribution >= 4 is 32.7 Å². The molecule has 0 unspecified atom stereocenters. The molecule has 3 aromatic carbocycles. The number of anilines is 1. The van der Waals surface area contributed by atoms with Gasteiger partial charge in [0.1, 0.15) is 0 Å². The molecule has 214 valence electrons. The third kappa shape index (κ3) is 7.64. The van der Waals surface area contributed by atoms with Crippen LogP contribution in [0.4, 0.5) is 9.93 Å². The highest BCUT2D eigenvalue weighted by atomic mass is 32.2. The highest BCUT2D eigenvalue weighted by Crippen LogP contribution is 2.28. The lowest BCUT2D eigenvalue weighted by Crippen LogP contribution is -2.38. The summed E-state index contributed by atoms with van der Waals surface area (Å²) < 4.78 is 27.5. The number of nitrogens with two attached hydrogens (primary N) is 1. The Kier molecular flexibility index (Phi) is 9.32. The van der Waals surface area contributed by atoms with Gasteiger partial charge >= 0.3 is 6.03 Å². The van der Waals surface area contributed by atoms with E-state index in [2.05, 4.69) is 43.9 Å². The Morgan fingerprint density at radius 2 is 1.50 bits per heavy atom.